The number of benzene rings is 1. The maximum Gasteiger partial charge on any atom is 0.243 e. The van der Waals surface area contributed by atoms with Crippen molar-refractivity contribution in [2.75, 3.05) is 19.6 Å². The number of nitrogens with one attached hydrogen (secondary N) is 2. The molecular weight excluding hydrogens is 312 g/mol. The van der Waals surface area contributed by atoms with Crippen LogP contribution in [0, 0.1) is 0 Å². The molecule has 0 bridgehead atoms. The van der Waals surface area contributed by atoms with Crippen molar-refractivity contribution in [3.8, 4) is 11.4 Å². The summed E-state index contributed by atoms with van der Waals surface area (Å²) in [5.41, 5.74) is 3.15. The Bertz CT molecular complexity index is 782. The lowest BCUT2D eigenvalue weighted by Crippen LogP contribution is -2.27. The highest BCUT2D eigenvalue weighted by Crippen LogP contribution is 2.25. The lowest BCUT2D eigenvalue weighted by Gasteiger charge is -2.15. The zero-order chi connectivity index (χ0) is 15.9. The summed E-state index contributed by atoms with van der Waals surface area (Å²) in [6.45, 7) is 3.01. The standard InChI is InChI=1S/C16H20N4O2S/c21-23(22,20-9-1-2-10-20)13-5-3-12(4-6-13)16-18-14-7-8-17-11-15(14)19-16/h3-6,17H,1-2,7-11H2,(H,18,19). The van der Waals surface area contributed by atoms with E-state index in [-0.39, 0.29) is 0 Å². The van der Waals surface area contributed by atoms with Crippen LogP contribution in [0.5, 0.6) is 0 Å². The summed E-state index contributed by atoms with van der Waals surface area (Å²) in [5.74, 6) is 0.809. The number of hydrogen-bond acceptors (Lipinski definition) is 4. The van der Waals surface area contributed by atoms with E-state index in [9.17, 15) is 8.42 Å². The third-order valence-corrected chi connectivity index (χ3v) is 6.45. The minimum absolute atomic E-state index is 0.362. The fraction of sp³-hybridized carbons (Fsp3) is 0.438. The second-order valence-electron chi connectivity index (χ2n) is 6.07. The van der Waals surface area contributed by atoms with Crippen LogP contribution in [-0.2, 0) is 23.0 Å². The van der Waals surface area contributed by atoms with E-state index in [0.717, 1.165) is 55.1 Å². The van der Waals surface area contributed by atoms with Crippen molar-refractivity contribution in [2.45, 2.75) is 30.7 Å². The maximum absolute atomic E-state index is 12.5. The van der Waals surface area contributed by atoms with E-state index in [2.05, 4.69) is 15.3 Å². The summed E-state index contributed by atoms with van der Waals surface area (Å²) in [5, 5.41) is 3.31. The van der Waals surface area contributed by atoms with E-state index < -0.39 is 10.0 Å². The van der Waals surface area contributed by atoms with Gasteiger partial charge in [0.25, 0.3) is 0 Å². The van der Waals surface area contributed by atoms with Crippen LogP contribution in [0.15, 0.2) is 29.2 Å². The summed E-state index contributed by atoms with van der Waals surface area (Å²) in [6.07, 6.45) is 2.82. The maximum atomic E-state index is 12.5. The Labute approximate surface area is 136 Å². The van der Waals surface area contributed by atoms with Gasteiger partial charge in [-0.25, -0.2) is 13.4 Å². The number of fused-ring (bicyclic) bond motifs is 1. The predicted molar refractivity (Wildman–Crippen MR) is 87.4 cm³/mol. The van der Waals surface area contributed by atoms with Crippen LogP contribution in [0.25, 0.3) is 11.4 Å². The molecule has 2 N–H and O–H groups in total. The molecule has 2 aliphatic heterocycles. The largest absolute Gasteiger partial charge is 0.341 e. The Morgan fingerprint density at radius 2 is 1.83 bits per heavy atom. The second kappa shape index (κ2) is 5.74. The molecule has 0 amide bonds. The van der Waals surface area contributed by atoms with Crippen molar-refractivity contribution in [3.63, 3.8) is 0 Å². The summed E-state index contributed by atoms with van der Waals surface area (Å²) in [7, 11) is -3.35. The lowest BCUT2D eigenvalue weighted by molar-refractivity contribution is 0.477. The predicted octanol–water partition coefficient (Wildman–Crippen LogP) is 1.51. The molecule has 0 spiro atoms. The third-order valence-electron chi connectivity index (χ3n) is 4.54. The summed E-state index contributed by atoms with van der Waals surface area (Å²) in [4.78, 5) is 8.33. The minimum atomic E-state index is -3.35. The Kier molecular flexibility index (Phi) is 3.71. The summed E-state index contributed by atoms with van der Waals surface area (Å²) >= 11 is 0. The Hall–Kier alpha value is -1.70. The normalized spacial score (nSPS) is 19.0. The van der Waals surface area contributed by atoms with Gasteiger partial charge in [0.15, 0.2) is 0 Å². The number of rotatable bonds is 3. The molecule has 3 heterocycles. The summed E-state index contributed by atoms with van der Waals surface area (Å²) < 4.78 is 26.6. The third kappa shape index (κ3) is 2.69. The molecule has 0 radical (unpaired) electrons. The quantitative estimate of drug-likeness (QED) is 0.893. The van der Waals surface area contributed by atoms with Gasteiger partial charge in [0.1, 0.15) is 5.82 Å². The number of imidazole rings is 1. The first-order valence-corrected chi connectivity index (χ1v) is 9.48. The molecule has 2 aromatic rings. The molecular formula is C16H20N4O2S. The van der Waals surface area contributed by atoms with Crippen LogP contribution in [0.3, 0.4) is 0 Å². The van der Waals surface area contributed by atoms with Crippen LogP contribution in [0.4, 0.5) is 0 Å². The smallest absolute Gasteiger partial charge is 0.243 e. The number of H-pyrrole nitrogens is 1. The molecule has 6 nitrogen and oxygen atoms in total. The first kappa shape index (κ1) is 14.9. The Morgan fingerprint density at radius 1 is 1.09 bits per heavy atom. The number of hydrogen-bond donors (Lipinski definition) is 2. The first-order chi connectivity index (χ1) is 11.1. The molecule has 1 aromatic heterocycles. The zero-order valence-corrected chi connectivity index (χ0v) is 13.7. The van der Waals surface area contributed by atoms with Crippen molar-refractivity contribution in [1.82, 2.24) is 19.6 Å². The van der Waals surface area contributed by atoms with E-state index in [0.29, 0.717) is 18.0 Å². The van der Waals surface area contributed by atoms with E-state index in [4.69, 9.17) is 0 Å². The van der Waals surface area contributed by atoms with Gasteiger partial charge in [-0.05, 0) is 37.1 Å². The number of aromatic nitrogens is 2. The molecule has 1 aromatic carbocycles. The van der Waals surface area contributed by atoms with Crippen molar-refractivity contribution in [3.05, 3.63) is 35.7 Å². The highest BCUT2D eigenvalue weighted by Gasteiger charge is 2.27. The molecule has 122 valence electrons. The van der Waals surface area contributed by atoms with Crippen LogP contribution in [-0.4, -0.2) is 42.3 Å². The van der Waals surface area contributed by atoms with Gasteiger partial charge in [-0.3, -0.25) is 0 Å². The Morgan fingerprint density at radius 3 is 2.52 bits per heavy atom. The van der Waals surface area contributed by atoms with Gasteiger partial charge in [-0.2, -0.15) is 4.31 Å². The number of aromatic amines is 1. The highest BCUT2D eigenvalue weighted by atomic mass is 32.2. The molecule has 23 heavy (non-hydrogen) atoms. The summed E-state index contributed by atoms with van der Waals surface area (Å²) in [6, 6.07) is 7.03. The molecule has 7 heteroatoms. The second-order valence-corrected chi connectivity index (χ2v) is 8.01. The average Bonchev–Trinajstić information content (AvgIpc) is 3.24. The minimum Gasteiger partial charge on any atom is -0.341 e. The van der Waals surface area contributed by atoms with Crippen LogP contribution < -0.4 is 5.32 Å². The van der Waals surface area contributed by atoms with Gasteiger partial charge in [0.2, 0.25) is 10.0 Å². The molecule has 1 fully saturated rings. The van der Waals surface area contributed by atoms with Gasteiger partial charge in [-0.1, -0.05) is 0 Å². The van der Waals surface area contributed by atoms with Crippen LogP contribution >= 0.6 is 0 Å². The van der Waals surface area contributed by atoms with E-state index in [1.165, 1.54) is 0 Å². The van der Waals surface area contributed by atoms with Gasteiger partial charge in [-0.15, -0.1) is 0 Å². The topological polar surface area (TPSA) is 78.1 Å². The van der Waals surface area contributed by atoms with E-state index in [1.807, 2.05) is 12.1 Å². The monoisotopic (exact) mass is 332 g/mol. The molecule has 0 unspecified atom stereocenters. The van der Waals surface area contributed by atoms with Gasteiger partial charge >= 0.3 is 0 Å². The van der Waals surface area contributed by atoms with Crippen LogP contribution in [0.1, 0.15) is 24.2 Å². The fourth-order valence-electron chi connectivity index (χ4n) is 3.22. The van der Waals surface area contributed by atoms with E-state index in [1.54, 1.807) is 16.4 Å². The number of nitrogens with zero attached hydrogens (tertiary/aromatic N) is 2. The Balaban J connectivity index is 1.62. The molecule has 4 rings (SSSR count). The highest BCUT2D eigenvalue weighted by molar-refractivity contribution is 7.89. The van der Waals surface area contributed by atoms with Crippen molar-refractivity contribution >= 4 is 10.0 Å². The van der Waals surface area contributed by atoms with Crippen molar-refractivity contribution in [2.24, 2.45) is 0 Å². The molecule has 0 aliphatic carbocycles. The van der Waals surface area contributed by atoms with Gasteiger partial charge in [0, 0.05) is 38.2 Å². The molecule has 0 saturated carbocycles. The molecule has 2 aliphatic rings. The van der Waals surface area contributed by atoms with Crippen LogP contribution in [0.2, 0.25) is 0 Å². The fourth-order valence-corrected chi connectivity index (χ4v) is 4.73. The average molecular weight is 332 g/mol. The van der Waals surface area contributed by atoms with Gasteiger partial charge in [0.05, 0.1) is 16.3 Å². The van der Waals surface area contributed by atoms with Gasteiger partial charge < -0.3 is 10.3 Å². The molecule has 0 atom stereocenters. The lowest BCUT2D eigenvalue weighted by atomic mass is 10.2. The zero-order valence-electron chi connectivity index (χ0n) is 12.9. The number of sulfonamides is 1. The van der Waals surface area contributed by atoms with Crippen molar-refractivity contribution < 1.29 is 8.42 Å². The first-order valence-electron chi connectivity index (χ1n) is 8.04. The van der Waals surface area contributed by atoms with Crippen molar-refractivity contribution in [1.29, 1.82) is 0 Å². The SMILES string of the molecule is O=S(=O)(c1ccc(-c2nc3c([nH]2)CNCC3)cc1)N1CCCC1. The van der Waals surface area contributed by atoms with E-state index >= 15 is 0 Å². The molecule has 1 saturated heterocycles.